The van der Waals surface area contributed by atoms with E-state index in [4.69, 9.17) is 5.73 Å². The topological polar surface area (TPSA) is 56.7 Å². The first-order valence-corrected chi connectivity index (χ1v) is 5.96. The normalized spacial score (nSPS) is 11.1. The summed E-state index contributed by atoms with van der Waals surface area (Å²) >= 11 is 0. The third kappa shape index (κ3) is 1.88. The molecular formula is C14H13FN4. The van der Waals surface area contributed by atoms with Crippen molar-refractivity contribution < 1.29 is 4.39 Å². The Labute approximate surface area is 109 Å². The molecule has 0 saturated heterocycles. The highest BCUT2D eigenvalue weighted by molar-refractivity contribution is 5.81. The van der Waals surface area contributed by atoms with Gasteiger partial charge in [-0.25, -0.2) is 9.37 Å². The zero-order valence-corrected chi connectivity index (χ0v) is 10.5. The van der Waals surface area contributed by atoms with Crippen molar-refractivity contribution in [1.29, 1.82) is 0 Å². The molecule has 0 saturated carbocycles. The highest BCUT2D eigenvalue weighted by Crippen LogP contribution is 2.25. The monoisotopic (exact) mass is 256 g/mol. The maximum Gasteiger partial charge on any atom is 0.152 e. The Balaban J connectivity index is 2.26. The molecule has 0 unspecified atom stereocenters. The highest BCUT2D eigenvalue weighted by atomic mass is 19.1. The first kappa shape index (κ1) is 11.8. The second-order valence-electron chi connectivity index (χ2n) is 4.38. The van der Waals surface area contributed by atoms with Gasteiger partial charge >= 0.3 is 0 Å². The summed E-state index contributed by atoms with van der Waals surface area (Å²) in [5.74, 6) is 0.212. The Hall–Kier alpha value is -2.27. The molecule has 0 bridgehead atoms. The van der Waals surface area contributed by atoms with E-state index in [0.717, 1.165) is 16.6 Å². The van der Waals surface area contributed by atoms with Crippen molar-refractivity contribution in [3.05, 3.63) is 48.0 Å². The van der Waals surface area contributed by atoms with E-state index in [1.807, 2.05) is 29.8 Å². The molecule has 0 aliphatic heterocycles. The Bertz CT molecular complexity index is 748. The summed E-state index contributed by atoms with van der Waals surface area (Å²) < 4.78 is 15.7. The van der Waals surface area contributed by atoms with E-state index in [1.54, 1.807) is 12.3 Å². The molecule has 4 nitrogen and oxygen atoms in total. The number of rotatable bonds is 2. The number of benzene rings is 1. The van der Waals surface area contributed by atoms with Crippen LogP contribution in [-0.2, 0) is 13.6 Å². The van der Waals surface area contributed by atoms with E-state index in [9.17, 15) is 4.39 Å². The van der Waals surface area contributed by atoms with Gasteiger partial charge in [0.05, 0.1) is 22.8 Å². The van der Waals surface area contributed by atoms with Crippen LogP contribution in [0.4, 0.5) is 4.39 Å². The third-order valence-electron chi connectivity index (χ3n) is 3.19. The largest absolute Gasteiger partial charge is 0.327 e. The molecule has 0 atom stereocenters. The number of aryl methyl sites for hydroxylation is 1. The van der Waals surface area contributed by atoms with Crippen molar-refractivity contribution in [2.75, 3.05) is 0 Å². The lowest BCUT2D eigenvalue weighted by Crippen LogP contribution is -1.97. The van der Waals surface area contributed by atoms with Crippen molar-refractivity contribution in [2.45, 2.75) is 6.54 Å². The number of hydrogen-bond donors (Lipinski definition) is 1. The summed E-state index contributed by atoms with van der Waals surface area (Å²) in [7, 11) is 1.87. The van der Waals surface area contributed by atoms with Gasteiger partial charge < -0.3 is 10.3 Å². The van der Waals surface area contributed by atoms with Crippen molar-refractivity contribution in [3.63, 3.8) is 0 Å². The van der Waals surface area contributed by atoms with Gasteiger partial charge in [0, 0.05) is 19.8 Å². The molecule has 3 aromatic rings. The van der Waals surface area contributed by atoms with Gasteiger partial charge in [-0.15, -0.1) is 0 Å². The first-order valence-electron chi connectivity index (χ1n) is 5.96. The van der Waals surface area contributed by atoms with Crippen LogP contribution in [0.15, 0.2) is 36.7 Å². The highest BCUT2D eigenvalue weighted by Gasteiger charge is 2.13. The van der Waals surface area contributed by atoms with Gasteiger partial charge in [-0.05, 0) is 23.8 Å². The molecule has 19 heavy (non-hydrogen) atoms. The minimum Gasteiger partial charge on any atom is -0.327 e. The number of nitrogens with zero attached hydrogens (tertiary/aromatic N) is 3. The number of halogens is 1. The number of hydrogen-bond acceptors (Lipinski definition) is 3. The van der Waals surface area contributed by atoms with Crippen LogP contribution in [0.3, 0.4) is 0 Å². The van der Waals surface area contributed by atoms with E-state index in [2.05, 4.69) is 9.97 Å². The Morgan fingerprint density at radius 1 is 1.32 bits per heavy atom. The Morgan fingerprint density at radius 2 is 2.16 bits per heavy atom. The van der Waals surface area contributed by atoms with E-state index in [0.29, 0.717) is 17.9 Å². The van der Waals surface area contributed by atoms with E-state index < -0.39 is 0 Å². The van der Waals surface area contributed by atoms with Gasteiger partial charge in [-0.1, -0.05) is 6.07 Å². The summed E-state index contributed by atoms with van der Waals surface area (Å²) in [4.78, 5) is 8.23. The summed E-state index contributed by atoms with van der Waals surface area (Å²) in [6.45, 7) is 0.472. The number of fused-ring (bicyclic) bond motifs is 1. The fourth-order valence-corrected chi connectivity index (χ4v) is 2.16. The average molecular weight is 256 g/mol. The number of aromatic nitrogens is 3. The molecule has 0 radical (unpaired) electrons. The van der Waals surface area contributed by atoms with Crippen LogP contribution in [0, 0.1) is 5.82 Å². The van der Waals surface area contributed by atoms with Crippen LogP contribution in [0.2, 0.25) is 0 Å². The van der Waals surface area contributed by atoms with E-state index >= 15 is 0 Å². The predicted octanol–water partition coefficient (Wildman–Crippen LogP) is 2.23. The van der Waals surface area contributed by atoms with Crippen molar-refractivity contribution >= 4 is 11.0 Å². The first-order chi connectivity index (χ1) is 9.20. The molecule has 1 aromatic carbocycles. The summed E-state index contributed by atoms with van der Waals surface area (Å²) in [6.07, 6.45) is 2.75. The molecule has 96 valence electrons. The lowest BCUT2D eigenvalue weighted by atomic mass is 10.2. The summed E-state index contributed by atoms with van der Waals surface area (Å²) in [5.41, 5.74) is 8.87. The van der Waals surface area contributed by atoms with Gasteiger partial charge in [0.2, 0.25) is 0 Å². The molecule has 2 N–H and O–H groups in total. The summed E-state index contributed by atoms with van der Waals surface area (Å²) in [5, 5.41) is 0. The summed E-state index contributed by atoms with van der Waals surface area (Å²) in [6, 6.07) is 7.44. The van der Waals surface area contributed by atoms with Crippen LogP contribution in [0.25, 0.3) is 22.4 Å². The van der Waals surface area contributed by atoms with Crippen molar-refractivity contribution in [1.82, 2.24) is 14.5 Å². The minimum atomic E-state index is -0.375. The molecule has 0 aliphatic carbocycles. The van der Waals surface area contributed by atoms with Crippen LogP contribution in [0.1, 0.15) is 5.56 Å². The van der Waals surface area contributed by atoms with Gasteiger partial charge in [-0.2, -0.15) is 0 Å². The Kier molecular flexibility index (Phi) is 2.76. The molecule has 2 heterocycles. The molecule has 0 aliphatic rings. The smallest absolute Gasteiger partial charge is 0.152 e. The van der Waals surface area contributed by atoms with Crippen LogP contribution < -0.4 is 5.73 Å². The van der Waals surface area contributed by atoms with E-state index in [-0.39, 0.29) is 5.82 Å². The molecule has 0 fully saturated rings. The lowest BCUT2D eigenvalue weighted by Gasteiger charge is -2.03. The molecule has 3 rings (SSSR count). The zero-order chi connectivity index (χ0) is 13.4. The van der Waals surface area contributed by atoms with Crippen LogP contribution >= 0.6 is 0 Å². The lowest BCUT2D eigenvalue weighted by molar-refractivity contribution is 0.622. The predicted molar refractivity (Wildman–Crippen MR) is 71.8 cm³/mol. The molecule has 5 heteroatoms. The second-order valence-corrected chi connectivity index (χ2v) is 4.38. The SMILES string of the molecule is Cn1c(-c2ccncc2F)nc2ccc(CN)cc21. The number of nitrogens with two attached hydrogens (primary N) is 1. The molecular weight excluding hydrogens is 243 g/mol. The zero-order valence-electron chi connectivity index (χ0n) is 10.5. The average Bonchev–Trinajstić information content (AvgIpc) is 2.76. The third-order valence-corrected chi connectivity index (χ3v) is 3.19. The van der Waals surface area contributed by atoms with Crippen molar-refractivity contribution in [2.24, 2.45) is 12.8 Å². The quantitative estimate of drug-likeness (QED) is 0.765. The fourth-order valence-electron chi connectivity index (χ4n) is 2.16. The van der Waals surface area contributed by atoms with Crippen molar-refractivity contribution in [3.8, 4) is 11.4 Å². The van der Waals surface area contributed by atoms with Crippen LogP contribution in [-0.4, -0.2) is 14.5 Å². The van der Waals surface area contributed by atoms with Gasteiger partial charge in [0.25, 0.3) is 0 Å². The number of imidazole rings is 1. The van der Waals surface area contributed by atoms with Gasteiger partial charge in [0.15, 0.2) is 5.82 Å². The molecule has 0 spiro atoms. The minimum absolute atomic E-state index is 0.375. The van der Waals surface area contributed by atoms with E-state index in [1.165, 1.54) is 6.20 Å². The maximum atomic E-state index is 13.8. The fraction of sp³-hybridized carbons (Fsp3) is 0.143. The van der Waals surface area contributed by atoms with Crippen LogP contribution in [0.5, 0.6) is 0 Å². The van der Waals surface area contributed by atoms with Gasteiger partial charge in [-0.3, -0.25) is 4.98 Å². The Morgan fingerprint density at radius 3 is 2.89 bits per heavy atom. The standard InChI is InChI=1S/C14H13FN4/c1-19-13-6-9(7-16)2-3-12(13)18-14(19)10-4-5-17-8-11(10)15/h2-6,8H,7,16H2,1H3. The number of pyridine rings is 1. The van der Waals surface area contributed by atoms with Gasteiger partial charge in [0.1, 0.15) is 5.82 Å². The second kappa shape index (κ2) is 4.44. The molecule has 0 amide bonds. The maximum absolute atomic E-state index is 13.8. The molecule has 2 aromatic heterocycles.